The lowest BCUT2D eigenvalue weighted by Gasteiger charge is -2.20. The minimum Gasteiger partial charge on any atom is -0.350 e. The van der Waals surface area contributed by atoms with Crippen LogP contribution in [0.15, 0.2) is 0 Å². The first-order chi connectivity index (χ1) is 9.13. The number of anilines is 3. The third-order valence-corrected chi connectivity index (χ3v) is 4.39. The molecule has 1 aromatic rings. The summed E-state index contributed by atoms with van der Waals surface area (Å²) < 4.78 is 0. The number of nitrogens with one attached hydrogen (secondary N) is 2. The lowest BCUT2D eigenvalue weighted by molar-refractivity contribution is 0.753. The van der Waals surface area contributed by atoms with Crippen molar-refractivity contribution in [3.8, 4) is 0 Å². The molecule has 8 heteroatoms. The molecule has 0 aromatic carbocycles. The molecule has 0 bridgehead atoms. The van der Waals surface area contributed by atoms with E-state index in [1.807, 2.05) is 30.8 Å². The molecule has 2 rings (SSSR count). The summed E-state index contributed by atoms with van der Waals surface area (Å²) in [6, 6.07) is 0.415. The van der Waals surface area contributed by atoms with Crippen LogP contribution in [0.1, 0.15) is 19.3 Å². The summed E-state index contributed by atoms with van der Waals surface area (Å²) >= 11 is 1.90. The standard InChI is InChI=1S/C11H21N7S/c1-18(2)11-15-9(14-10(16-11)17-12)13-7-5-4-6-8(7)19-3/h7-8H,4-6,12H2,1-3H3,(H2,13,14,15,16,17). The number of nitrogens with two attached hydrogens (primary N) is 1. The van der Waals surface area contributed by atoms with E-state index in [-0.39, 0.29) is 0 Å². The molecule has 1 aromatic heterocycles. The Labute approximate surface area is 117 Å². The second-order valence-corrected chi connectivity index (χ2v) is 5.85. The fraction of sp³-hybridized carbons (Fsp3) is 0.727. The topological polar surface area (TPSA) is 92.0 Å². The van der Waals surface area contributed by atoms with E-state index in [9.17, 15) is 0 Å². The molecule has 2 atom stereocenters. The van der Waals surface area contributed by atoms with Crippen LogP contribution in [0.5, 0.6) is 0 Å². The lowest BCUT2D eigenvalue weighted by Crippen LogP contribution is -2.28. The van der Waals surface area contributed by atoms with Gasteiger partial charge in [-0.05, 0) is 19.1 Å². The molecule has 1 heterocycles. The average Bonchev–Trinajstić information content (AvgIpc) is 2.85. The Balaban J connectivity index is 2.17. The molecule has 0 aliphatic heterocycles. The lowest BCUT2D eigenvalue weighted by atomic mass is 10.2. The number of aromatic nitrogens is 3. The van der Waals surface area contributed by atoms with Crippen LogP contribution in [0, 0.1) is 0 Å². The van der Waals surface area contributed by atoms with Gasteiger partial charge in [0.1, 0.15) is 0 Å². The average molecular weight is 283 g/mol. The zero-order valence-electron chi connectivity index (χ0n) is 11.6. The highest BCUT2D eigenvalue weighted by atomic mass is 32.2. The van der Waals surface area contributed by atoms with E-state index in [0.29, 0.717) is 29.1 Å². The third kappa shape index (κ3) is 3.38. The predicted molar refractivity (Wildman–Crippen MR) is 80.5 cm³/mol. The number of rotatable bonds is 5. The first kappa shape index (κ1) is 14.1. The maximum absolute atomic E-state index is 5.40. The van der Waals surface area contributed by atoms with Gasteiger partial charge in [-0.25, -0.2) is 5.84 Å². The van der Waals surface area contributed by atoms with Crippen LogP contribution in [-0.4, -0.2) is 46.6 Å². The molecule has 4 N–H and O–H groups in total. The fourth-order valence-electron chi connectivity index (χ4n) is 2.23. The van der Waals surface area contributed by atoms with Gasteiger partial charge in [-0.2, -0.15) is 26.7 Å². The van der Waals surface area contributed by atoms with E-state index in [2.05, 4.69) is 32.0 Å². The smallest absolute Gasteiger partial charge is 0.243 e. The van der Waals surface area contributed by atoms with Gasteiger partial charge in [0.25, 0.3) is 0 Å². The van der Waals surface area contributed by atoms with Gasteiger partial charge >= 0.3 is 0 Å². The van der Waals surface area contributed by atoms with Gasteiger partial charge in [0.2, 0.25) is 17.8 Å². The van der Waals surface area contributed by atoms with Gasteiger partial charge in [-0.3, -0.25) is 5.43 Å². The predicted octanol–water partition coefficient (Wildman–Crippen LogP) is 0.919. The largest absolute Gasteiger partial charge is 0.350 e. The highest BCUT2D eigenvalue weighted by Gasteiger charge is 2.27. The summed E-state index contributed by atoms with van der Waals surface area (Å²) in [6.07, 6.45) is 5.79. The normalized spacial score (nSPS) is 22.3. The van der Waals surface area contributed by atoms with Crippen LogP contribution in [0.4, 0.5) is 17.8 Å². The van der Waals surface area contributed by atoms with Gasteiger partial charge in [0, 0.05) is 25.4 Å². The van der Waals surface area contributed by atoms with E-state index >= 15 is 0 Å². The molecule has 1 fully saturated rings. The molecule has 1 aliphatic carbocycles. The van der Waals surface area contributed by atoms with Crippen molar-refractivity contribution in [3.63, 3.8) is 0 Å². The van der Waals surface area contributed by atoms with Crippen molar-refractivity contribution in [1.82, 2.24) is 15.0 Å². The maximum Gasteiger partial charge on any atom is 0.243 e. The van der Waals surface area contributed by atoms with Crippen LogP contribution in [-0.2, 0) is 0 Å². The Morgan fingerprint density at radius 1 is 1.21 bits per heavy atom. The van der Waals surface area contributed by atoms with Crippen LogP contribution < -0.4 is 21.5 Å². The van der Waals surface area contributed by atoms with Crippen molar-refractivity contribution < 1.29 is 0 Å². The minimum absolute atomic E-state index is 0.375. The second kappa shape index (κ2) is 6.25. The van der Waals surface area contributed by atoms with Crippen molar-refractivity contribution in [2.45, 2.75) is 30.6 Å². The highest BCUT2D eigenvalue weighted by Crippen LogP contribution is 2.30. The van der Waals surface area contributed by atoms with E-state index in [1.165, 1.54) is 12.8 Å². The first-order valence-electron chi connectivity index (χ1n) is 6.33. The molecular formula is C11H21N7S. The summed E-state index contributed by atoms with van der Waals surface area (Å²) in [5, 5.41) is 4.03. The number of hydrogen-bond acceptors (Lipinski definition) is 8. The van der Waals surface area contributed by atoms with E-state index in [0.717, 1.165) is 6.42 Å². The molecule has 0 saturated heterocycles. The second-order valence-electron chi connectivity index (χ2n) is 4.78. The number of hydrazine groups is 1. The molecule has 19 heavy (non-hydrogen) atoms. The zero-order valence-corrected chi connectivity index (χ0v) is 12.4. The summed E-state index contributed by atoms with van der Waals surface area (Å²) in [4.78, 5) is 14.7. The van der Waals surface area contributed by atoms with Gasteiger partial charge < -0.3 is 10.2 Å². The number of nitrogen functional groups attached to an aromatic ring is 1. The number of hydrogen-bond donors (Lipinski definition) is 3. The van der Waals surface area contributed by atoms with Gasteiger partial charge in [-0.15, -0.1) is 0 Å². The monoisotopic (exact) mass is 283 g/mol. The molecule has 0 spiro atoms. The van der Waals surface area contributed by atoms with Crippen LogP contribution >= 0.6 is 11.8 Å². The summed E-state index contributed by atoms with van der Waals surface area (Å²) in [7, 11) is 3.78. The Kier molecular flexibility index (Phi) is 4.65. The van der Waals surface area contributed by atoms with Crippen LogP contribution in [0.3, 0.4) is 0 Å². The molecular weight excluding hydrogens is 262 g/mol. The summed E-state index contributed by atoms with van der Waals surface area (Å²) in [5.41, 5.74) is 2.48. The summed E-state index contributed by atoms with van der Waals surface area (Å²) in [5.74, 6) is 6.94. The van der Waals surface area contributed by atoms with E-state index in [1.54, 1.807) is 0 Å². The Bertz CT molecular complexity index is 426. The number of thioether (sulfide) groups is 1. The highest BCUT2D eigenvalue weighted by molar-refractivity contribution is 7.99. The van der Waals surface area contributed by atoms with Gasteiger partial charge in [0.15, 0.2) is 0 Å². The van der Waals surface area contributed by atoms with Crippen molar-refractivity contribution >= 4 is 29.6 Å². The molecule has 1 aliphatic rings. The Hall–Kier alpha value is -1.28. The molecule has 0 radical (unpaired) electrons. The SMILES string of the molecule is CSC1CCCC1Nc1nc(NN)nc(N(C)C)n1. The van der Waals surface area contributed by atoms with E-state index < -0.39 is 0 Å². The van der Waals surface area contributed by atoms with Crippen molar-refractivity contribution in [3.05, 3.63) is 0 Å². The maximum atomic E-state index is 5.40. The number of nitrogens with zero attached hydrogens (tertiary/aromatic N) is 4. The molecule has 106 valence electrons. The summed E-state index contributed by atoms with van der Waals surface area (Å²) in [6.45, 7) is 0. The first-order valence-corrected chi connectivity index (χ1v) is 7.62. The van der Waals surface area contributed by atoms with Gasteiger partial charge in [0.05, 0.1) is 0 Å². The van der Waals surface area contributed by atoms with E-state index in [4.69, 9.17) is 5.84 Å². The van der Waals surface area contributed by atoms with Crippen LogP contribution in [0.2, 0.25) is 0 Å². The Morgan fingerprint density at radius 3 is 2.58 bits per heavy atom. The molecule has 2 unspecified atom stereocenters. The molecule has 7 nitrogen and oxygen atoms in total. The van der Waals surface area contributed by atoms with Crippen molar-refractivity contribution in [2.75, 3.05) is 36.0 Å². The fourth-order valence-corrected chi connectivity index (χ4v) is 3.17. The van der Waals surface area contributed by atoms with Crippen molar-refractivity contribution in [2.24, 2.45) is 5.84 Å². The quantitative estimate of drug-likeness (QED) is 0.543. The van der Waals surface area contributed by atoms with Crippen LogP contribution in [0.25, 0.3) is 0 Å². The third-order valence-electron chi connectivity index (χ3n) is 3.22. The van der Waals surface area contributed by atoms with Crippen molar-refractivity contribution in [1.29, 1.82) is 0 Å². The molecule has 0 amide bonds. The molecule has 1 saturated carbocycles. The zero-order chi connectivity index (χ0) is 13.8. The van der Waals surface area contributed by atoms with Gasteiger partial charge in [-0.1, -0.05) is 6.42 Å². The minimum atomic E-state index is 0.375. The Morgan fingerprint density at radius 2 is 1.95 bits per heavy atom.